The third-order valence-corrected chi connectivity index (χ3v) is 4.96. The first-order valence-electron chi connectivity index (χ1n) is 8.54. The number of nitrogen functional groups attached to an aromatic ring is 1. The van der Waals surface area contributed by atoms with Crippen molar-refractivity contribution in [2.24, 2.45) is 5.10 Å². The van der Waals surface area contributed by atoms with Gasteiger partial charge in [0.2, 0.25) is 0 Å². The highest BCUT2D eigenvalue weighted by Crippen LogP contribution is 2.31. The lowest BCUT2D eigenvalue weighted by atomic mass is 9.94. The minimum Gasteiger partial charge on any atom is -0.399 e. The zero-order valence-corrected chi connectivity index (χ0v) is 16.5. The maximum absolute atomic E-state index is 12.5. The number of halogens is 2. The molecule has 2 aromatic rings. The van der Waals surface area contributed by atoms with E-state index < -0.39 is 6.03 Å². The molecule has 0 spiro atoms. The van der Waals surface area contributed by atoms with E-state index in [0.717, 1.165) is 16.7 Å². The Labute approximate surface area is 167 Å². The van der Waals surface area contributed by atoms with Crippen molar-refractivity contribution in [1.29, 1.82) is 0 Å². The summed E-state index contributed by atoms with van der Waals surface area (Å²) in [6.45, 7) is 4.05. The molecule has 2 aromatic carbocycles. The lowest BCUT2D eigenvalue weighted by Crippen LogP contribution is -2.42. The van der Waals surface area contributed by atoms with Gasteiger partial charge in [-0.1, -0.05) is 35.3 Å². The molecular formula is C19H20Cl2N4O2. The van der Waals surface area contributed by atoms with E-state index >= 15 is 0 Å². The molecule has 1 atom stereocenters. The average molecular weight is 407 g/mol. The number of nitrogens with two attached hydrogens (primary N) is 1. The molecule has 0 radical (unpaired) electrons. The highest BCUT2D eigenvalue weighted by Gasteiger charge is 2.28. The molecule has 6 nitrogen and oxygen atoms in total. The number of hydrazone groups is 1. The van der Waals surface area contributed by atoms with Gasteiger partial charge in [-0.3, -0.25) is 4.84 Å². The molecule has 0 saturated carbocycles. The zero-order chi connectivity index (χ0) is 19.6. The maximum Gasteiger partial charge on any atom is 0.361 e. The fourth-order valence-corrected chi connectivity index (χ4v) is 3.27. The van der Waals surface area contributed by atoms with Gasteiger partial charge >= 0.3 is 6.03 Å². The van der Waals surface area contributed by atoms with Gasteiger partial charge in [-0.05, 0) is 50.1 Å². The number of carbonyl (C=O) groups excluding carboxylic acids is 1. The van der Waals surface area contributed by atoms with Gasteiger partial charge in [0.25, 0.3) is 0 Å². The molecule has 1 heterocycles. The number of hydrogen-bond acceptors (Lipinski definition) is 4. The summed E-state index contributed by atoms with van der Waals surface area (Å²) in [6, 6.07) is 10.2. The highest BCUT2D eigenvalue weighted by molar-refractivity contribution is 6.42. The van der Waals surface area contributed by atoms with Crippen molar-refractivity contribution in [3.05, 3.63) is 63.1 Å². The average Bonchev–Trinajstić information content (AvgIpc) is 2.77. The zero-order valence-electron chi connectivity index (χ0n) is 15.0. The molecule has 0 aliphatic carbocycles. The first-order valence-corrected chi connectivity index (χ1v) is 9.30. The molecule has 0 aromatic heterocycles. The summed E-state index contributed by atoms with van der Waals surface area (Å²) in [5.74, 6) is 0. The van der Waals surface area contributed by atoms with Crippen LogP contribution in [0.15, 0.2) is 41.5 Å². The number of nitrogens with one attached hydrogen (secondary N) is 1. The minimum atomic E-state index is -0.442. The van der Waals surface area contributed by atoms with Gasteiger partial charge in [0.05, 0.1) is 28.4 Å². The summed E-state index contributed by atoms with van der Waals surface area (Å²) in [6.07, 6.45) is 0.563. The lowest BCUT2D eigenvalue weighted by molar-refractivity contribution is 0.0514. The van der Waals surface area contributed by atoms with Crippen LogP contribution in [-0.2, 0) is 11.3 Å². The fraction of sp³-hybridized carbons (Fsp3) is 0.263. The smallest absolute Gasteiger partial charge is 0.361 e. The van der Waals surface area contributed by atoms with Gasteiger partial charge in [0, 0.05) is 16.8 Å². The van der Waals surface area contributed by atoms with Crippen molar-refractivity contribution in [3.8, 4) is 0 Å². The SMILES string of the molecule is CCONC(=O)N1N=C(c2ccc(N)cc2)c2cc(Cl)c(Cl)cc2CC1C. The predicted octanol–water partition coefficient (Wildman–Crippen LogP) is 4.24. The molecule has 0 fully saturated rings. The van der Waals surface area contributed by atoms with Crippen LogP contribution in [0.4, 0.5) is 10.5 Å². The number of hydroxylamine groups is 1. The molecule has 8 heteroatoms. The number of fused-ring (bicyclic) bond motifs is 1. The van der Waals surface area contributed by atoms with Crippen molar-refractivity contribution in [2.75, 3.05) is 12.3 Å². The standard InChI is InChI=1S/C19H20Cl2N4O2/c1-3-27-24-19(26)25-11(2)8-13-9-16(20)17(21)10-15(13)18(23-25)12-4-6-14(22)7-5-12/h4-7,9-11H,3,8,22H2,1-2H3,(H,24,26). The monoisotopic (exact) mass is 406 g/mol. The number of nitrogens with zero attached hydrogens (tertiary/aromatic N) is 2. The maximum atomic E-state index is 12.5. The number of amides is 2. The molecule has 3 rings (SSSR count). The van der Waals surface area contributed by atoms with Crippen molar-refractivity contribution in [1.82, 2.24) is 10.5 Å². The van der Waals surface area contributed by atoms with Crippen LogP contribution in [0.3, 0.4) is 0 Å². The summed E-state index contributed by atoms with van der Waals surface area (Å²) in [5.41, 5.74) is 12.1. The lowest BCUT2D eigenvalue weighted by Gasteiger charge is -2.23. The van der Waals surface area contributed by atoms with Gasteiger partial charge in [-0.15, -0.1) is 0 Å². The summed E-state index contributed by atoms with van der Waals surface area (Å²) in [7, 11) is 0. The Hall–Kier alpha value is -2.28. The Balaban J connectivity index is 2.14. The van der Waals surface area contributed by atoms with E-state index in [1.54, 1.807) is 25.1 Å². The van der Waals surface area contributed by atoms with Gasteiger partial charge in [-0.25, -0.2) is 15.3 Å². The van der Waals surface area contributed by atoms with E-state index in [0.29, 0.717) is 34.5 Å². The number of rotatable bonds is 3. The van der Waals surface area contributed by atoms with Gasteiger partial charge in [0.1, 0.15) is 0 Å². The Morgan fingerprint density at radius 2 is 1.96 bits per heavy atom. The highest BCUT2D eigenvalue weighted by atomic mass is 35.5. The van der Waals surface area contributed by atoms with Crippen LogP contribution in [0.5, 0.6) is 0 Å². The first kappa shape index (κ1) is 19.5. The van der Waals surface area contributed by atoms with Crippen LogP contribution in [0.2, 0.25) is 10.0 Å². The van der Waals surface area contributed by atoms with Crippen molar-refractivity contribution >= 4 is 40.6 Å². The van der Waals surface area contributed by atoms with Crippen molar-refractivity contribution in [2.45, 2.75) is 26.3 Å². The van der Waals surface area contributed by atoms with Crippen molar-refractivity contribution in [3.63, 3.8) is 0 Å². The number of carbonyl (C=O) groups is 1. The molecule has 1 unspecified atom stereocenters. The number of hydrogen-bond donors (Lipinski definition) is 2. The van der Waals surface area contributed by atoms with Crippen LogP contribution in [0, 0.1) is 0 Å². The van der Waals surface area contributed by atoms with Crippen LogP contribution < -0.4 is 11.2 Å². The van der Waals surface area contributed by atoms with Crippen molar-refractivity contribution < 1.29 is 9.63 Å². The molecule has 1 aliphatic rings. The summed E-state index contributed by atoms with van der Waals surface area (Å²) < 4.78 is 0. The van der Waals surface area contributed by atoms with Crippen LogP contribution in [0.25, 0.3) is 0 Å². The Bertz CT molecular complexity index is 884. The Morgan fingerprint density at radius 1 is 1.30 bits per heavy atom. The number of urea groups is 1. The largest absolute Gasteiger partial charge is 0.399 e. The summed E-state index contributed by atoms with van der Waals surface area (Å²) in [5, 5.41) is 6.91. The van der Waals surface area contributed by atoms with E-state index in [1.807, 2.05) is 25.1 Å². The van der Waals surface area contributed by atoms with Crippen LogP contribution >= 0.6 is 23.2 Å². The summed E-state index contributed by atoms with van der Waals surface area (Å²) in [4.78, 5) is 17.6. The van der Waals surface area contributed by atoms with E-state index in [4.69, 9.17) is 33.8 Å². The second-order valence-corrected chi connectivity index (χ2v) is 7.05. The number of benzene rings is 2. The third-order valence-electron chi connectivity index (χ3n) is 4.24. The Morgan fingerprint density at radius 3 is 2.63 bits per heavy atom. The number of anilines is 1. The molecule has 3 N–H and O–H groups in total. The van der Waals surface area contributed by atoms with Gasteiger partial charge in [-0.2, -0.15) is 5.10 Å². The normalized spacial score (nSPS) is 16.4. The third kappa shape index (κ3) is 4.18. The van der Waals surface area contributed by atoms with Crippen LogP contribution in [0.1, 0.15) is 30.5 Å². The second kappa shape index (κ2) is 8.17. The van der Waals surface area contributed by atoms with Gasteiger partial charge in [0.15, 0.2) is 0 Å². The van der Waals surface area contributed by atoms with E-state index in [2.05, 4.69) is 10.6 Å². The minimum absolute atomic E-state index is 0.215. The fourth-order valence-electron chi connectivity index (χ4n) is 2.92. The molecule has 0 saturated heterocycles. The van der Waals surface area contributed by atoms with E-state index in [9.17, 15) is 4.79 Å². The molecule has 27 heavy (non-hydrogen) atoms. The first-order chi connectivity index (χ1) is 12.9. The van der Waals surface area contributed by atoms with E-state index in [1.165, 1.54) is 5.01 Å². The molecule has 2 amide bonds. The predicted molar refractivity (Wildman–Crippen MR) is 108 cm³/mol. The Kier molecular flexibility index (Phi) is 5.89. The second-order valence-electron chi connectivity index (χ2n) is 6.23. The molecule has 0 bridgehead atoms. The van der Waals surface area contributed by atoms with Crippen LogP contribution in [-0.4, -0.2) is 29.4 Å². The quantitative estimate of drug-likeness (QED) is 0.590. The molecule has 142 valence electrons. The summed E-state index contributed by atoms with van der Waals surface area (Å²) >= 11 is 12.5. The van der Waals surface area contributed by atoms with Gasteiger partial charge < -0.3 is 5.73 Å². The molecule has 1 aliphatic heterocycles. The van der Waals surface area contributed by atoms with E-state index in [-0.39, 0.29) is 6.04 Å². The molecular weight excluding hydrogens is 387 g/mol. The topological polar surface area (TPSA) is 80.0 Å².